The number of nitrogens with zero attached hydrogens (tertiary/aromatic N) is 2. The molecule has 43 heavy (non-hydrogen) atoms. The van der Waals surface area contributed by atoms with Crippen molar-refractivity contribution < 1.29 is 0 Å². The normalized spacial score (nSPS) is 13.7. The van der Waals surface area contributed by atoms with Crippen molar-refractivity contribution in [3.05, 3.63) is 90.0 Å². The zero-order valence-corrected chi connectivity index (χ0v) is 28.2. The van der Waals surface area contributed by atoms with Gasteiger partial charge in [0, 0.05) is 30.3 Å². The Kier molecular flexibility index (Phi) is 17.5. The lowest BCUT2D eigenvalue weighted by molar-refractivity contribution is 0.322. The summed E-state index contributed by atoms with van der Waals surface area (Å²) in [6, 6.07) is 22.4. The topological polar surface area (TPSA) is 17.8 Å². The number of aromatic nitrogens is 2. The molecule has 1 heterocycles. The number of rotatable bonds is 25. The standard InChI is InChI=1S/C41H64N2/c1-4-6-7-8-9-10-11-12-13-14-15-16-17-18-19-20-27-32-39(40-42-33-35-43(40)34-5-2)41(3,38-30-25-22-26-31-38)36-37-28-23-21-24-29-37/h21-26,28-31,33,35,39H,4-20,27,32,34,36H2,1-3H3. The summed E-state index contributed by atoms with van der Waals surface area (Å²) < 4.78 is 2.43. The fraction of sp³-hybridized carbons (Fsp3) is 0.634. The largest absolute Gasteiger partial charge is 0.335 e. The summed E-state index contributed by atoms with van der Waals surface area (Å²) in [7, 11) is 0. The summed E-state index contributed by atoms with van der Waals surface area (Å²) in [5.41, 5.74) is 2.82. The van der Waals surface area contributed by atoms with E-state index in [4.69, 9.17) is 4.98 Å². The van der Waals surface area contributed by atoms with Crippen molar-refractivity contribution >= 4 is 0 Å². The monoisotopic (exact) mass is 585 g/mol. The molecule has 0 N–H and O–H groups in total. The van der Waals surface area contributed by atoms with Gasteiger partial charge in [0.25, 0.3) is 0 Å². The van der Waals surface area contributed by atoms with Crippen molar-refractivity contribution in [3.63, 3.8) is 0 Å². The van der Waals surface area contributed by atoms with Crippen molar-refractivity contribution in [2.45, 2.75) is 167 Å². The molecular weight excluding hydrogens is 520 g/mol. The Bertz CT molecular complexity index is 1060. The maximum atomic E-state index is 5.03. The molecule has 238 valence electrons. The number of hydrogen-bond donors (Lipinski definition) is 0. The van der Waals surface area contributed by atoms with Crippen LogP contribution in [0.4, 0.5) is 0 Å². The van der Waals surface area contributed by atoms with Crippen molar-refractivity contribution in [2.24, 2.45) is 0 Å². The number of unbranched alkanes of at least 4 members (excludes halogenated alkanes) is 16. The minimum absolute atomic E-state index is 0.0193. The molecule has 0 saturated heterocycles. The highest BCUT2D eigenvalue weighted by Crippen LogP contribution is 2.44. The molecule has 2 nitrogen and oxygen atoms in total. The molecule has 1 aromatic heterocycles. The van der Waals surface area contributed by atoms with Gasteiger partial charge in [-0.25, -0.2) is 4.98 Å². The fourth-order valence-electron chi connectivity index (χ4n) is 7.13. The number of aryl methyl sites for hydroxylation is 1. The molecule has 0 spiro atoms. The molecule has 2 aromatic carbocycles. The smallest absolute Gasteiger partial charge is 0.112 e. The quantitative estimate of drug-likeness (QED) is 0.0906. The molecule has 0 bridgehead atoms. The lowest BCUT2D eigenvalue weighted by Crippen LogP contribution is -2.35. The van der Waals surface area contributed by atoms with Gasteiger partial charge < -0.3 is 4.57 Å². The van der Waals surface area contributed by atoms with Crippen LogP contribution in [0.2, 0.25) is 0 Å². The minimum Gasteiger partial charge on any atom is -0.335 e. The Morgan fingerprint density at radius 1 is 0.605 bits per heavy atom. The third-order valence-corrected chi connectivity index (χ3v) is 9.74. The Labute approximate surface area is 266 Å². The summed E-state index contributed by atoms with van der Waals surface area (Å²) in [5, 5.41) is 0. The first-order valence-electron chi connectivity index (χ1n) is 18.3. The second-order valence-electron chi connectivity index (χ2n) is 13.4. The van der Waals surface area contributed by atoms with E-state index in [1.54, 1.807) is 0 Å². The third-order valence-electron chi connectivity index (χ3n) is 9.74. The molecule has 3 rings (SSSR count). The molecule has 0 aliphatic rings. The predicted octanol–water partition coefficient (Wildman–Crippen LogP) is 12.6. The first kappa shape index (κ1) is 35.1. The second kappa shape index (κ2) is 21.4. The van der Waals surface area contributed by atoms with E-state index in [0.29, 0.717) is 5.92 Å². The van der Waals surface area contributed by atoms with Crippen LogP contribution in [0.1, 0.15) is 166 Å². The number of hydrogen-bond acceptors (Lipinski definition) is 1. The van der Waals surface area contributed by atoms with Crippen LogP contribution in [0.25, 0.3) is 0 Å². The first-order valence-corrected chi connectivity index (χ1v) is 18.3. The van der Waals surface area contributed by atoms with Crippen LogP contribution in [0.3, 0.4) is 0 Å². The predicted molar refractivity (Wildman–Crippen MR) is 188 cm³/mol. The van der Waals surface area contributed by atoms with Crippen LogP contribution in [0, 0.1) is 0 Å². The van der Waals surface area contributed by atoms with Gasteiger partial charge in [-0.15, -0.1) is 0 Å². The summed E-state index contributed by atoms with van der Waals surface area (Å²) in [6.45, 7) is 8.12. The highest BCUT2D eigenvalue weighted by atomic mass is 15.1. The highest BCUT2D eigenvalue weighted by Gasteiger charge is 2.39. The van der Waals surface area contributed by atoms with Crippen molar-refractivity contribution in [1.29, 1.82) is 0 Å². The molecule has 0 aliphatic heterocycles. The summed E-state index contributed by atoms with van der Waals surface area (Å²) in [5.74, 6) is 1.66. The van der Waals surface area contributed by atoms with Crippen LogP contribution < -0.4 is 0 Å². The van der Waals surface area contributed by atoms with Gasteiger partial charge in [0.2, 0.25) is 0 Å². The van der Waals surface area contributed by atoms with Gasteiger partial charge in [0.05, 0.1) is 0 Å². The van der Waals surface area contributed by atoms with Crippen molar-refractivity contribution in [2.75, 3.05) is 0 Å². The molecule has 0 radical (unpaired) electrons. The van der Waals surface area contributed by atoms with Gasteiger partial charge in [-0.2, -0.15) is 0 Å². The third kappa shape index (κ3) is 12.7. The molecule has 0 aliphatic carbocycles. The van der Waals surface area contributed by atoms with E-state index >= 15 is 0 Å². The SMILES string of the molecule is CCCCCCCCCCCCCCCCCCCC(c1nccn1CCC)C(C)(Cc1ccccc1)c1ccccc1. The van der Waals surface area contributed by atoms with E-state index < -0.39 is 0 Å². The highest BCUT2D eigenvalue weighted by molar-refractivity contribution is 5.33. The zero-order chi connectivity index (χ0) is 30.4. The van der Waals surface area contributed by atoms with E-state index in [2.05, 4.69) is 92.2 Å². The number of benzene rings is 2. The zero-order valence-electron chi connectivity index (χ0n) is 28.2. The Balaban J connectivity index is 1.46. The molecule has 2 atom stereocenters. The molecule has 0 fully saturated rings. The van der Waals surface area contributed by atoms with Gasteiger partial charge in [-0.1, -0.05) is 191 Å². The lowest BCUT2D eigenvalue weighted by Gasteiger charge is -2.39. The van der Waals surface area contributed by atoms with E-state index in [-0.39, 0.29) is 5.41 Å². The molecular formula is C41H64N2. The van der Waals surface area contributed by atoms with E-state index in [0.717, 1.165) is 19.4 Å². The van der Waals surface area contributed by atoms with Crippen molar-refractivity contribution in [1.82, 2.24) is 9.55 Å². The van der Waals surface area contributed by atoms with Crippen LogP contribution in [0.15, 0.2) is 73.1 Å². The van der Waals surface area contributed by atoms with E-state index in [9.17, 15) is 0 Å². The van der Waals surface area contributed by atoms with Crippen LogP contribution in [0.5, 0.6) is 0 Å². The second-order valence-corrected chi connectivity index (χ2v) is 13.4. The summed E-state index contributed by atoms with van der Waals surface area (Å²) >= 11 is 0. The lowest BCUT2D eigenvalue weighted by atomic mass is 9.66. The summed E-state index contributed by atoms with van der Waals surface area (Å²) in [6.07, 6.45) is 31.7. The average Bonchev–Trinajstić information content (AvgIpc) is 3.49. The minimum atomic E-state index is -0.0193. The van der Waals surface area contributed by atoms with Gasteiger partial charge >= 0.3 is 0 Å². The van der Waals surface area contributed by atoms with Crippen LogP contribution >= 0.6 is 0 Å². The Morgan fingerprint density at radius 3 is 1.60 bits per heavy atom. The van der Waals surface area contributed by atoms with Crippen LogP contribution in [-0.4, -0.2) is 9.55 Å². The average molecular weight is 585 g/mol. The molecule has 0 saturated carbocycles. The molecule has 0 amide bonds. The maximum Gasteiger partial charge on any atom is 0.112 e. The molecule has 2 unspecified atom stereocenters. The maximum absolute atomic E-state index is 5.03. The summed E-state index contributed by atoms with van der Waals surface area (Å²) in [4.78, 5) is 5.03. The van der Waals surface area contributed by atoms with Gasteiger partial charge in [-0.3, -0.25) is 0 Å². The first-order chi connectivity index (χ1) is 21.2. The van der Waals surface area contributed by atoms with Crippen molar-refractivity contribution in [3.8, 4) is 0 Å². The van der Waals surface area contributed by atoms with Gasteiger partial charge in [-0.05, 0) is 30.4 Å². The molecule has 2 heteroatoms. The van der Waals surface area contributed by atoms with E-state index in [1.165, 1.54) is 133 Å². The Hall–Kier alpha value is -2.35. The van der Waals surface area contributed by atoms with Gasteiger partial charge in [0.15, 0.2) is 0 Å². The van der Waals surface area contributed by atoms with Gasteiger partial charge in [0.1, 0.15) is 5.82 Å². The molecule has 3 aromatic rings. The fourth-order valence-corrected chi connectivity index (χ4v) is 7.13. The van der Waals surface area contributed by atoms with Crippen LogP contribution in [-0.2, 0) is 18.4 Å². The Morgan fingerprint density at radius 2 is 1.09 bits per heavy atom. The number of imidazole rings is 1. The van der Waals surface area contributed by atoms with E-state index in [1.807, 2.05) is 6.20 Å².